The van der Waals surface area contributed by atoms with E-state index in [1.807, 2.05) is 6.92 Å². The van der Waals surface area contributed by atoms with Gasteiger partial charge in [-0.2, -0.15) is 0 Å². The Bertz CT molecular complexity index is 1180. The molecule has 0 unspecified atom stereocenters. The number of sulfonamides is 1. The molecule has 148 valence electrons. The lowest BCUT2D eigenvalue weighted by atomic mass is 10.1. The zero-order chi connectivity index (χ0) is 20.6. The molecule has 29 heavy (non-hydrogen) atoms. The van der Waals surface area contributed by atoms with E-state index in [1.165, 1.54) is 4.31 Å². The van der Waals surface area contributed by atoms with Gasteiger partial charge in [0.05, 0.1) is 10.6 Å². The number of fused-ring (bicyclic) bond motifs is 1. The maximum Gasteiger partial charge on any atom is 0.264 e. The van der Waals surface area contributed by atoms with Gasteiger partial charge >= 0.3 is 0 Å². The van der Waals surface area contributed by atoms with Crippen molar-refractivity contribution in [2.45, 2.75) is 24.3 Å². The van der Waals surface area contributed by atoms with Crippen LogP contribution < -0.4 is 9.62 Å². The molecule has 0 aromatic heterocycles. The molecule has 0 aliphatic carbocycles. The Morgan fingerprint density at radius 2 is 1.79 bits per heavy atom. The summed E-state index contributed by atoms with van der Waals surface area (Å²) < 4.78 is 27.7. The van der Waals surface area contributed by atoms with E-state index in [2.05, 4.69) is 5.32 Å². The second-order valence-electron chi connectivity index (χ2n) is 6.98. The number of carbonyl (C=O) groups is 1. The third kappa shape index (κ3) is 3.73. The summed E-state index contributed by atoms with van der Waals surface area (Å²) in [5, 5.41) is 3.35. The molecule has 1 aliphatic heterocycles. The van der Waals surface area contributed by atoms with Gasteiger partial charge < -0.3 is 5.32 Å². The molecule has 0 fully saturated rings. The summed E-state index contributed by atoms with van der Waals surface area (Å²) in [5.74, 6) is -0.271. The number of hydrogen-bond donors (Lipinski definition) is 1. The first-order valence-corrected chi connectivity index (χ1v) is 11.0. The van der Waals surface area contributed by atoms with E-state index in [1.54, 1.807) is 72.8 Å². The van der Waals surface area contributed by atoms with Crippen LogP contribution in [0.1, 0.15) is 22.8 Å². The second-order valence-corrected chi connectivity index (χ2v) is 9.23. The monoisotopic (exact) mass is 426 g/mol. The number of nitrogens with one attached hydrogen (secondary N) is 1. The van der Waals surface area contributed by atoms with Crippen molar-refractivity contribution in [1.82, 2.24) is 0 Å². The van der Waals surface area contributed by atoms with Crippen LogP contribution >= 0.6 is 11.6 Å². The fourth-order valence-corrected chi connectivity index (χ4v) is 5.49. The first-order valence-electron chi connectivity index (χ1n) is 9.15. The zero-order valence-electron chi connectivity index (χ0n) is 15.7. The van der Waals surface area contributed by atoms with E-state index in [9.17, 15) is 13.2 Å². The van der Waals surface area contributed by atoms with Gasteiger partial charge in [0.25, 0.3) is 15.9 Å². The van der Waals surface area contributed by atoms with Gasteiger partial charge in [-0.25, -0.2) is 8.42 Å². The zero-order valence-corrected chi connectivity index (χ0v) is 17.2. The molecule has 5 nitrogen and oxygen atoms in total. The third-order valence-electron chi connectivity index (χ3n) is 4.88. The predicted octanol–water partition coefficient (Wildman–Crippen LogP) is 4.73. The Morgan fingerprint density at radius 3 is 2.52 bits per heavy atom. The smallest absolute Gasteiger partial charge is 0.264 e. The third-order valence-corrected chi connectivity index (χ3v) is 7.05. The highest BCUT2D eigenvalue weighted by molar-refractivity contribution is 7.92. The van der Waals surface area contributed by atoms with Crippen molar-refractivity contribution in [3.8, 4) is 0 Å². The van der Waals surface area contributed by atoms with Crippen molar-refractivity contribution in [2.24, 2.45) is 0 Å². The molecule has 0 radical (unpaired) electrons. The van der Waals surface area contributed by atoms with Crippen LogP contribution in [0, 0.1) is 0 Å². The summed E-state index contributed by atoms with van der Waals surface area (Å²) in [6, 6.07) is 20.2. The van der Waals surface area contributed by atoms with Gasteiger partial charge in [-0.05, 0) is 67.4 Å². The second kappa shape index (κ2) is 7.54. The van der Waals surface area contributed by atoms with Crippen LogP contribution in [0.2, 0.25) is 5.02 Å². The van der Waals surface area contributed by atoms with E-state index < -0.39 is 10.0 Å². The number of nitrogens with zero attached hydrogens (tertiary/aromatic N) is 1. The van der Waals surface area contributed by atoms with Crippen molar-refractivity contribution in [3.63, 3.8) is 0 Å². The number of anilines is 2. The topological polar surface area (TPSA) is 66.5 Å². The molecule has 1 N–H and O–H groups in total. The summed E-state index contributed by atoms with van der Waals surface area (Å²) in [4.78, 5) is 12.9. The highest BCUT2D eigenvalue weighted by atomic mass is 35.5. The Balaban J connectivity index is 1.63. The molecule has 0 saturated heterocycles. The van der Waals surface area contributed by atoms with Crippen LogP contribution in [0.25, 0.3) is 0 Å². The average Bonchev–Trinajstić information content (AvgIpc) is 3.04. The summed E-state index contributed by atoms with van der Waals surface area (Å²) in [6.45, 7) is 1.87. The van der Waals surface area contributed by atoms with E-state index in [-0.39, 0.29) is 16.8 Å². The van der Waals surface area contributed by atoms with Crippen LogP contribution in [-0.4, -0.2) is 20.4 Å². The number of carbonyl (C=O) groups excluding carboxylic acids is 1. The van der Waals surface area contributed by atoms with E-state index in [4.69, 9.17) is 11.6 Å². The largest absolute Gasteiger partial charge is 0.322 e. The fraction of sp³-hybridized carbons (Fsp3) is 0.136. The molecule has 1 atom stereocenters. The van der Waals surface area contributed by atoms with Crippen LogP contribution in [0.15, 0.2) is 77.7 Å². The van der Waals surface area contributed by atoms with Crippen LogP contribution in [0.3, 0.4) is 0 Å². The number of benzene rings is 3. The lowest BCUT2D eigenvalue weighted by Crippen LogP contribution is -2.35. The van der Waals surface area contributed by atoms with Crippen molar-refractivity contribution in [2.75, 3.05) is 9.62 Å². The standard InChI is InChI=1S/C22H19ClN2O3S/c1-15-12-17-13-16(22(26)24-19-7-5-6-18(23)14-19)10-11-21(17)25(15)29(27,28)20-8-3-2-4-9-20/h2-11,13-15H,12H2,1H3,(H,24,26)/t15-/m0/s1. The molecule has 3 aromatic rings. The Labute approximate surface area is 175 Å². The van der Waals surface area contributed by atoms with Gasteiger partial charge in [-0.3, -0.25) is 9.10 Å². The van der Waals surface area contributed by atoms with E-state index in [0.717, 1.165) is 5.56 Å². The lowest BCUT2D eigenvalue weighted by Gasteiger charge is -2.24. The summed E-state index contributed by atoms with van der Waals surface area (Å²) in [7, 11) is -3.67. The van der Waals surface area contributed by atoms with Gasteiger partial charge in [-0.15, -0.1) is 0 Å². The van der Waals surface area contributed by atoms with E-state index in [0.29, 0.717) is 28.4 Å². The minimum Gasteiger partial charge on any atom is -0.322 e. The first kappa shape index (κ1) is 19.5. The quantitative estimate of drug-likeness (QED) is 0.655. The van der Waals surface area contributed by atoms with Gasteiger partial charge in [0.1, 0.15) is 0 Å². The predicted molar refractivity (Wildman–Crippen MR) is 115 cm³/mol. The maximum absolute atomic E-state index is 13.1. The molecule has 1 heterocycles. The van der Waals surface area contributed by atoms with Crippen molar-refractivity contribution >= 4 is 38.9 Å². The normalized spacial score (nSPS) is 15.8. The highest BCUT2D eigenvalue weighted by Crippen LogP contribution is 2.37. The SMILES string of the molecule is C[C@H]1Cc2cc(C(=O)Nc3cccc(Cl)c3)ccc2N1S(=O)(=O)c1ccccc1. The molecule has 0 spiro atoms. The lowest BCUT2D eigenvalue weighted by molar-refractivity contribution is 0.102. The minimum absolute atomic E-state index is 0.235. The molecule has 0 saturated carbocycles. The Hall–Kier alpha value is -2.83. The summed E-state index contributed by atoms with van der Waals surface area (Å²) >= 11 is 5.96. The molecule has 4 rings (SSSR count). The Morgan fingerprint density at radius 1 is 1.03 bits per heavy atom. The molecule has 3 aromatic carbocycles. The average molecular weight is 427 g/mol. The van der Waals surface area contributed by atoms with Crippen molar-refractivity contribution < 1.29 is 13.2 Å². The fourth-order valence-electron chi connectivity index (χ4n) is 3.59. The Kier molecular flexibility index (Phi) is 5.06. The van der Waals surface area contributed by atoms with Crippen LogP contribution in [0.4, 0.5) is 11.4 Å². The van der Waals surface area contributed by atoms with Gasteiger partial charge in [-0.1, -0.05) is 35.9 Å². The summed E-state index contributed by atoms with van der Waals surface area (Å²) in [6.07, 6.45) is 0.541. The van der Waals surface area contributed by atoms with E-state index >= 15 is 0 Å². The number of hydrogen-bond acceptors (Lipinski definition) is 3. The molecular formula is C22H19ClN2O3S. The number of rotatable bonds is 4. The number of amides is 1. The first-order chi connectivity index (χ1) is 13.9. The molecular weight excluding hydrogens is 408 g/mol. The van der Waals surface area contributed by atoms with Gasteiger partial charge in [0.15, 0.2) is 0 Å². The van der Waals surface area contributed by atoms with Crippen LogP contribution in [0.5, 0.6) is 0 Å². The van der Waals surface area contributed by atoms with Gasteiger partial charge in [0, 0.05) is 22.3 Å². The minimum atomic E-state index is -3.67. The van der Waals surface area contributed by atoms with Crippen molar-refractivity contribution in [1.29, 1.82) is 0 Å². The number of halogens is 1. The maximum atomic E-state index is 13.1. The summed E-state index contributed by atoms with van der Waals surface area (Å²) in [5.41, 5.74) is 2.51. The van der Waals surface area contributed by atoms with Crippen molar-refractivity contribution in [3.05, 3.63) is 88.9 Å². The van der Waals surface area contributed by atoms with Gasteiger partial charge in [0.2, 0.25) is 0 Å². The molecule has 7 heteroatoms. The molecule has 0 bridgehead atoms. The highest BCUT2D eigenvalue weighted by Gasteiger charge is 2.36. The molecule has 1 amide bonds. The molecule has 1 aliphatic rings. The van der Waals surface area contributed by atoms with Crippen LogP contribution in [-0.2, 0) is 16.4 Å².